The van der Waals surface area contributed by atoms with Gasteiger partial charge in [-0.3, -0.25) is 5.41 Å². The van der Waals surface area contributed by atoms with Crippen molar-refractivity contribution in [2.24, 2.45) is 5.73 Å². The zero-order valence-electron chi connectivity index (χ0n) is 13.0. The fourth-order valence-corrected chi connectivity index (χ4v) is 2.31. The summed E-state index contributed by atoms with van der Waals surface area (Å²) in [5.74, 6) is 0.501. The molecule has 0 unspecified atom stereocenters. The number of nitrogens with one attached hydrogen (secondary N) is 2. The molecule has 0 atom stereocenters. The number of hydrogen-bond donors (Lipinski definition) is 4. The van der Waals surface area contributed by atoms with Crippen LogP contribution < -0.4 is 16.8 Å². The summed E-state index contributed by atoms with van der Waals surface area (Å²) in [5.41, 5.74) is 15.2. The molecule has 120 valence electrons. The molecule has 0 aliphatic heterocycles. The van der Waals surface area contributed by atoms with Crippen LogP contribution in [0, 0.1) is 5.41 Å². The van der Waals surface area contributed by atoms with Crippen LogP contribution in [0.1, 0.15) is 11.1 Å². The number of nitrogen functional groups attached to an aromatic ring is 2. The van der Waals surface area contributed by atoms with Gasteiger partial charge in [0.05, 0.1) is 0 Å². The van der Waals surface area contributed by atoms with E-state index in [9.17, 15) is 0 Å². The predicted molar refractivity (Wildman–Crippen MR) is 96.7 cm³/mol. The molecule has 0 spiro atoms. The summed E-state index contributed by atoms with van der Waals surface area (Å²) in [6.45, 7) is 0.663. The summed E-state index contributed by atoms with van der Waals surface area (Å²) in [6.07, 6.45) is 3.46. The highest BCUT2D eigenvalue weighted by atomic mass is 15.1. The van der Waals surface area contributed by atoms with E-state index in [-0.39, 0.29) is 5.84 Å². The average Bonchev–Trinajstić information content (AvgIpc) is 2.61. The molecular formula is C18H18N6. The molecule has 6 heteroatoms. The van der Waals surface area contributed by atoms with Crippen LogP contribution in [0.25, 0.3) is 11.1 Å². The lowest BCUT2D eigenvalue weighted by Crippen LogP contribution is -2.13. The van der Waals surface area contributed by atoms with Crippen molar-refractivity contribution in [2.45, 2.75) is 6.54 Å². The summed E-state index contributed by atoms with van der Waals surface area (Å²) >= 11 is 0. The van der Waals surface area contributed by atoms with Crippen molar-refractivity contribution in [1.82, 2.24) is 9.97 Å². The van der Waals surface area contributed by atoms with E-state index in [4.69, 9.17) is 16.9 Å². The van der Waals surface area contributed by atoms with Crippen LogP contribution in [-0.2, 0) is 6.54 Å². The number of nitrogens with zero attached hydrogens (tertiary/aromatic N) is 2. The van der Waals surface area contributed by atoms with E-state index in [1.165, 1.54) is 0 Å². The number of hydrogen-bond acceptors (Lipinski definition) is 5. The largest absolute Gasteiger partial charge is 0.398 e. The van der Waals surface area contributed by atoms with Crippen LogP contribution in [0.3, 0.4) is 0 Å². The lowest BCUT2D eigenvalue weighted by atomic mass is 10.0. The SMILES string of the molecule is N=C(N)c1cc(-c2cnc(NCc3ccccc3)nc2)ccc1N. The van der Waals surface area contributed by atoms with Gasteiger partial charge in [-0.2, -0.15) is 0 Å². The molecule has 0 saturated heterocycles. The standard InChI is InChI=1S/C18H18N6/c19-16-7-6-13(8-15(16)17(20)21)14-10-23-18(24-11-14)22-9-12-4-2-1-3-5-12/h1-8,10-11H,9,19H2,(H3,20,21)(H,22,23,24). The van der Waals surface area contributed by atoms with Crippen LogP contribution in [0.15, 0.2) is 60.9 Å². The predicted octanol–water partition coefficient (Wildman–Crippen LogP) is 2.62. The van der Waals surface area contributed by atoms with E-state index in [1.54, 1.807) is 24.5 Å². The van der Waals surface area contributed by atoms with Gasteiger partial charge in [-0.15, -0.1) is 0 Å². The number of nitrogens with two attached hydrogens (primary N) is 2. The van der Waals surface area contributed by atoms with Gasteiger partial charge in [0.25, 0.3) is 0 Å². The number of aromatic nitrogens is 2. The smallest absolute Gasteiger partial charge is 0.222 e. The van der Waals surface area contributed by atoms with Gasteiger partial charge < -0.3 is 16.8 Å². The molecule has 0 radical (unpaired) electrons. The summed E-state index contributed by atoms with van der Waals surface area (Å²) in [4.78, 5) is 8.66. The number of rotatable bonds is 5. The highest BCUT2D eigenvalue weighted by molar-refractivity contribution is 6.01. The number of benzene rings is 2. The zero-order chi connectivity index (χ0) is 16.9. The van der Waals surface area contributed by atoms with E-state index < -0.39 is 0 Å². The summed E-state index contributed by atoms with van der Waals surface area (Å²) in [6, 6.07) is 15.4. The third-order valence-electron chi connectivity index (χ3n) is 3.62. The Morgan fingerprint density at radius 2 is 1.71 bits per heavy atom. The first-order valence-electron chi connectivity index (χ1n) is 7.47. The summed E-state index contributed by atoms with van der Waals surface area (Å²) < 4.78 is 0. The fourth-order valence-electron chi connectivity index (χ4n) is 2.31. The topological polar surface area (TPSA) is 114 Å². The Hall–Kier alpha value is -3.41. The molecule has 3 aromatic rings. The molecule has 0 saturated carbocycles. The fraction of sp³-hybridized carbons (Fsp3) is 0.0556. The van der Waals surface area contributed by atoms with Crippen molar-refractivity contribution in [2.75, 3.05) is 11.1 Å². The Bertz CT molecular complexity index is 843. The molecule has 6 N–H and O–H groups in total. The molecule has 1 heterocycles. The molecular weight excluding hydrogens is 300 g/mol. The number of anilines is 2. The number of amidine groups is 1. The Kier molecular flexibility index (Phi) is 4.38. The van der Waals surface area contributed by atoms with Gasteiger partial charge in [-0.1, -0.05) is 36.4 Å². The van der Waals surface area contributed by atoms with Crippen molar-refractivity contribution in [1.29, 1.82) is 5.41 Å². The highest BCUT2D eigenvalue weighted by Gasteiger charge is 2.07. The minimum Gasteiger partial charge on any atom is -0.398 e. The van der Waals surface area contributed by atoms with Gasteiger partial charge in [-0.05, 0) is 23.3 Å². The third-order valence-corrected chi connectivity index (χ3v) is 3.62. The second kappa shape index (κ2) is 6.78. The van der Waals surface area contributed by atoms with Crippen LogP contribution in [0.4, 0.5) is 11.6 Å². The summed E-state index contributed by atoms with van der Waals surface area (Å²) in [5, 5.41) is 10.7. The highest BCUT2D eigenvalue weighted by Crippen LogP contribution is 2.23. The molecule has 1 aromatic heterocycles. The first-order valence-corrected chi connectivity index (χ1v) is 7.47. The van der Waals surface area contributed by atoms with E-state index in [0.717, 1.165) is 16.7 Å². The summed E-state index contributed by atoms with van der Waals surface area (Å²) in [7, 11) is 0. The molecule has 0 aliphatic rings. The maximum atomic E-state index is 7.56. The Morgan fingerprint density at radius 3 is 2.38 bits per heavy atom. The Labute approximate surface area is 140 Å². The van der Waals surface area contributed by atoms with Gasteiger partial charge in [-0.25, -0.2) is 9.97 Å². The first kappa shape index (κ1) is 15.5. The van der Waals surface area contributed by atoms with Gasteiger partial charge in [0.2, 0.25) is 5.95 Å². The lowest BCUT2D eigenvalue weighted by molar-refractivity contribution is 1.06. The van der Waals surface area contributed by atoms with E-state index in [0.29, 0.717) is 23.7 Å². The molecule has 0 fully saturated rings. The maximum absolute atomic E-state index is 7.56. The van der Waals surface area contributed by atoms with E-state index >= 15 is 0 Å². The van der Waals surface area contributed by atoms with Crippen LogP contribution in [0.5, 0.6) is 0 Å². The van der Waals surface area contributed by atoms with Gasteiger partial charge in [0, 0.05) is 35.8 Å². The minimum atomic E-state index is -0.0589. The Balaban J connectivity index is 1.75. The van der Waals surface area contributed by atoms with Gasteiger partial charge in [0.1, 0.15) is 5.84 Å². The molecule has 0 amide bonds. The van der Waals surface area contributed by atoms with Crippen molar-refractivity contribution >= 4 is 17.5 Å². The molecule has 3 rings (SSSR count). The molecule has 0 aliphatic carbocycles. The minimum absolute atomic E-state index is 0.0589. The first-order chi connectivity index (χ1) is 11.6. The quantitative estimate of drug-likeness (QED) is 0.328. The lowest BCUT2D eigenvalue weighted by Gasteiger charge is -2.08. The molecule has 0 bridgehead atoms. The zero-order valence-corrected chi connectivity index (χ0v) is 13.0. The Morgan fingerprint density at radius 1 is 1.00 bits per heavy atom. The van der Waals surface area contributed by atoms with Crippen molar-refractivity contribution in [3.05, 3.63) is 72.1 Å². The molecule has 24 heavy (non-hydrogen) atoms. The average molecular weight is 318 g/mol. The van der Waals surface area contributed by atoms with Crippen LogP contribution >= 0.6 is 0 Å². The van der Waals surface area contributed by atoms with Crippen molar-refractivity contribution in [3.63, 3.8) is 0 Å². The molecule has 6 nitrogen and oxygen atoms in total. The second-order valence-corrected chi connectivity index (χ2v) is 5.35. The van der Waals surface area contributed by atoms with Crippen molar-refractivity contribution in [3.8, 4) is 11.1 Å². The maximum Gasteiger partial charge on any atom is 0.222 e. The van der Waals surface area contributed by atoms with Crippen LogP contribution in [0.2, 0.25) is 0 Å². The second-order valence-electron chi connectivity index (χ2n) is 5.35. The van der Waals surface area contributed by atoms with Crippen LogP contribution in [-0.4, -0.2) is 15.8 Å². The van der Waals surface area contributed by atoms with Gasteiger partial charge in [0.15, 0.2) is 0 Å². The van der Waals surface area contributed by atoms with Gasteiger partial charge >= 0.3 is 0 Å². The normalized spacial score (nSPS) is 10.3. The third kappa shape index (κ3) is 3.49. The molecule has 2 aromatic carbocycles. The van der Waals surface area contributed by atoms with E-state index in [2.05, 4.69) is 15.3 Å². The van der Waals surface area contributed by atoms with Crippen molar-refractivity contribution < 1.29 is 0 Å². The monoisotopic (exact) mass is 318 g/mol. The van der Waals surface area contributed by atoms with E-state index in [1.807, 2.05) is 36.4 Å².